The average Bonchev–Trinajstić information content (AvgIpc) is 2.56. The molecule has 0 aliphatic rings. The van der Waals surface area contributed by atoms with Gasteiger partial charge in [-0.2, -0.15) is 0 Å². The molecule has 4 nitrogen and oxygen atoms in total. The van der Waals surface area contributed by atoms with Crippen LogP contribution in [-0.4, -0.2) is 30.0 Å². The molecule has 0 amide bonds. The van der Waals surface area contributed by atoms with E-state index in [1.807, 2.05) is 0 Å². The lowest BCUT2D eigenvalue weighted by Crippen LogP contribution is -2.07. The number of hydrogen-bond acceptors (Lipinski definition) is 3. The quantitative estimate of drug-likeness (QED) is 0.602. The molecular formula is C7H11ClN2O2S. The van der Waals surface area contributed by atoms with E-state index < -0.39 is 9.84 Å². The third-order valence-electron chi connectivity index (χ3n) is 1.60. The summed E-state index contributed by atoms with van der Waals surface area (Å²) >= 11 is 5.44. The molecule has 0 aliphatic carbocycles. The summed E-state index contributed by atoms with van der Waals surface area (Å²) in [6.45, 7) is 0. The average molecular weight is 223 g/mol. The maximum Gasteiger partial charge on any atom is 0.195 e. The number of halogens is 1. The SMILES string of the molecule is O=S(=O)(CCCCCl)c1cnc[nH]1. The topological polar surface area (TPSA) is 62.8 Å². The van der Waals surface area contributed by atoms with Crippen molar-refractivity contribution in [1.82, 2.24) is 9.97 Å². The van der Waals surface area contributed by atoms with Crippen LogP contribution in [-0.2, 0) is 9.84 Å². The Morgan fingerprint density at radius 2 is 2.23 bits per heavy atom. The van der Waals surface area contributed by atoms with E-state index in [0.717, 1.165) is 6.42 Å². The van der Waals surface area contributed by atoms with E-state index in [9.17, 15) is 8.42 Å². The Bertz CT molecular complexity index is 333. The fourth-order valence-corrected chi connectivity index (χ4v) is 2.36. The third-order valence-corrected chi connectivity index (χ3v) is 3.59. The molecule has 0 spiro atoms. The van der Waals surface area contributed by atoms with Crippen LogP contribution >= 0.6 is 11.6 Å². The molecule has 74 valence electrons. The molecule has 0 aromatic carbocycles. The maximum atomic E-state index is 11.5. The van der Waals surface area contributed by atoms with Crippen LogP contribution in [0.2, 0.25) is 0 Å². The lowest BCUT2D eigenvalue weighted by molar-refractivity contribution is 0.590. The number of unbranched alkanes of at least 4 members (excludes halogenated alkanes) is 1. The van der Waals surface area contributed by atoms with E-state index in [2.05, 4.69) is 9.97 Å². The van der Waals surface area contributed by atoms with Gasteiger partial charge in [0.2, 0.25) is 0 Å². The minimum absolute atomic E-state index is 0.127. The van der Waals surface area contributed by atoms with Crippen molar-refractivity contribution in [3.63, 3.8) is 0 Å². The number of imidazole rings is 1. The summed E-state index contributed by atoms with van der Waals surface area (Å²) in [6, 6.07) is 0. The minimum atomic E-state index is -3.17. The molecular weight excluding hydrogens is 212 g/mol. The largest absolute Gasteiger partial charge is 0.336 e. The number of aromatic amines is 1. The van der Waals surface area contributed by atoms with Crippen LogP contribution in [0.4, 0.5) is 0 Å². The van der Waals surface area contributed by atoms with Gasteiger partial charge in [-0.05, 0) is 12.8 Å². The summed E-state index contributed by atoms with van der Waals surface area (Å²) in [6.07, 6.45) is 3.98. The van der Waals surface area contributed by atoms with E-state index in [1.165, 1.54) is 12.5 Å². The smallest absolute Gasteiger partial charge is 0.195 e. The zero-order chi connectivity index (χ0) is 9.73. The standard InChI is InChI=1S/C7H11ClN2O2S/c8-3-1-2-4-13(11,12)7-5-9-6-10-7/h5-6H,1-4H2,(H,9,10). The molecule has 1 N–H and O–H groups in total. The minimum Gasteiger partial charge on any atom is -0.336 e. The highest BCUT2D eigenvalue weighted by atomic mass is 35.5. The Hall–Kier alpha value is -0.550. The number of rotatable bonds is 5. The molecule has 0 saturated heterocycles. The number of nitrogens with zero attached hydrogens (tertiary/aromatic N) is 1. The van der Waals surface area contributed by atoms with Crippen molar-refractivity contribution in [2.75, 3.05) is 11.6 Å². The zero-order valence-corrected chi connectivity index (χ0v) is 8.61. The van der Waals surface area contributed by atoms with Gasteiger partial charge in [0, 0.05) is 5.88 Å². The number of hydrogen-bond donors (Lipinski definition) is 1. The van der Waals surface area contributed by atoms with E-state index in [4.69, 9.17) is 11.6 Å². The second kappa shape index (κ2) is 4.62. The Labute approximate surface area is 82.2 Å². The molecule has 6 heteroatoms. The first kappa shape index (κ1) is 10.5. The van der Waals surface area contributed by atoms with Crippen LogP contribution in [0.15, 0.2) is 17.6 Å². The fraction of sp³-hybridized carbons (Fsp3) is 0.571. The Morgan fingerprint density at radius 3 is 2.77 bits per heavy atom. The second-order valence-electron chi connectivity index (χ2n) is 2.63. The van der Waals surface area contributed by atoms with Crippen LogP contribution in [0.1, 0.15) is 12.8 Å². The molecule has 0 saturated carbocycles. The summed E-state index contributed by atoms with van der Waals surface area (Å²) in [4.78, 5) is 6.23. The summed E-state index contributed by atoms with van der Waals surface area (Å²) in [7, 11) is -3.17. The van der Waals surface area contributed by atoms with Gasteiger partial charge in [-0.3, -0.25) is 0 Å². The van der Waals surface area contributed by atoms with Gasteiger partial charge in [0.05, 0.1) is 18.3 Å². The highest BCUT2D eigenvalue weighted by Gasteiger charge is 2.14. The number of H-pyrrole nitrogens is 1. The summed E-state index contributed by atoms with van der Waals surface area (Å²) in [5.41, 5.74) is 0. The van der Waals surface area contributed by atoms with Gasteiger partial charge in [0.15, 0.2) is 14.9 Å². The van der Waals surface area contributed by atoms with Crippen LogP contribution < -0.4 is 0 Å². The lowest BCUT2D eigenvalue weighted by atomic mass is 10.4. The van der Waals surface area contributed by atoms with Crippen LogP contribution in [0.5, 0.6) is 0 Å². The van der Waals surface area contributed by atoms with E-state index in [0.29, 0.717) is 12.3 Å². The number of alkyl halides is 1. The van der Waals surface area contributed by atoms with Crippen LogP contribution in [0.25, 0.3) is 0 Å². The monoisotopic (exact) mass is 222 g/mol. The van der Waals surface area contributed by atoms with Crippen molar-refractivity contribution in [3.8, 4) is 0 Å². The summed E-state index contributed by atoms with van der Waals surface area (Å²) in [5.74, 6) is 0.625. The normalized spacial score (nSPS) is 11.8. The molecule has 0 radical (unpaired) electrons. The molecule has 0 bridgehead atoms. The van der Waals surface area contributed by atoms with Gasteiger partial charge in [0.1, 0.15) is 0 Å². The number of sulfone groups is 1. The van der Waals surface area contributed by atoms with Crippen LogP contribution in [0, 0.1) is 0 Å². The second-order valence-corrected chi connectivity index (χ2v) is 5.09. The lowest BCUT2D eigenvalue weighted by Gasteiger charge is -1.99. The first-order valence-electron chi connectivity index (χ1n) is 3.94. The van der Waals surface area contributed by atoms with Crippen molar-refractivity contribution in [1.29, 1.82) is 0 Å². The van der Waals surface area contributed by atoms with E-state index in [1.54, 1.807) is 0 Å². The molecule has 0 atom stereocenters. The molecule has 0 aliphatic heterocycles. The molecule has 1 heterocycles. The van der Waals surface area contributed by atoms with E-state index >= 15 is 0 Å². The highest BCUT2D eigenvalue weighted by Crippen LogP contribution is 2.08. The third kappa shape index (κ3) is 3.00. The predicted molar refractivity (Wildman–Crippen MR) is 50.6 cm³/mol. The van der Waals surface area contributed by atoms with Crippen molar-refractivity contribution in [2.45, 2.75) is 17.9 Å². The van der Waals surface area contributed by atoms with Crippen molar-refractivity contribution in [2.24, 2.45) is 0 Å². The van der Waals surface area contributed by atoms with Crippen molar-refractivity contribution >= 4 is 21.4 Å². The molecule has 0 fully saturated rings. The molecule has 1 aromatic heterocycles. The first-order valence-corrected chi connectivity index (χ1v) is 6.12. The van der Waals surface area contributed by atoms with Gasteiger partial charge in [0.25, 0.3) is 0 Å². The van der Waals surface area contributed by atoms with Crippen molar-refractivity contribution < 1.29 is 8.42 Å². The molecule has 13 heavy (non-hydrogen) atoms. The van der Waals surface area contributed by atoms with Gasteiger partial charge >= 0.3 is 0 Å². The summed E-state index contributed by atoms with van der Waals surface area (Å²) < 4.78 is 22.9. The molecule has 1 aromatic rings. The van der Waals surface area contributed by atoms with E-state index in [-0.39, 0.29) is 10.8 Å². The summed E-state index contributed by atoms with van der Waals surface area (Å²) in [5, 5.41) is 0.182. The predicted octanol–water partition coefficient (Wildman–Crippen LogP) is 1.20. The van der Waals surface area contributed by atoms with Gasteiger partial charge in [-0.25, -0.2) is 13.4 Å². The van der Waals surface area contributed by atoms with Crippen LogP contribution in [0.3, 0.4) is 0 Å². The molecule has 1 rings (SSSR count). The maximum absolute atomic E-state index is 11.5. The first-order chi connectivity index (χ1) is 6.17. The Kier molecular flexibility index (Phi) is 3.74. The molecule has 0 unspecified atom stereocenters. The fourth-order valence-electron chi connectivity index (χ4n) is 0.910. The zero-order valence-electron chi connectivity index (χ0n) is 7.03. The van der Waals surface area contributed by atoms with Crippen molar-refractivity contribution in [3.05, 3.63) is 12.5 Å². The number of aromatic nitrogens is 2. The highest BCUT2D eigenvalue weighted by molar-refractivity contribution is 7.91. The van der Waals surface area contributed by atoms with Gasteiger partial charge in [-0.15, -0.1) is 11.6 Å². The van der Waals surface area contributed by atoms with Gasteiger partial charge < -0.3 is 4.98 Å². The van der Waals surface area contributed by atoms with Gasteiger partial charge in [-0.1, -0.05) is 0 Å². The Balaban J connectivity index is 2.58. The Morgan fingerprint density at radius 1 is 1.46 bits per heavy atom. The number of nitrogens with one attached hydrogen (secondary N) is 1.